The van der Waals surface area contributed by atoms with Gasteiger partial charge in [-0.05, 0) is 58.5 Å². The van der Waals surface area contributed by atoms with Crippen LogP contribution in [0.4, 0.5) is 14.5 Å². The Morgan fingerprint density at radius 1 is 0.778 bits per heavy atom. The highest BCUT2D eigenvalue weighted by atomic mass is 19.1. The van der Waals surface area contributed by atoms with Crippen molar-refractivity contribution in [2.24, 2.45) is 5.41 Å². The molecule has 3 aromatic rings. The summed E-state index contributed by atoms with van der Waals surface area (Å²) < 4.78 is 27.1. The molecule has 0 unspecified atom stereocenters. The van der Waals surface area contributed by atoms with Crippen LogP contribution in [0, 0.1) is 17.0 Å². The molecule has 1 fully saturated rings. The number of piperazine rings is 1. The molecule has 1 saturated heterocycles. The average molecular weight is 490 g/mol. The Morgan fingerprint density at radius 3 is 1.81 bits per heavy atom. The Bertz CT molecular complexity index is 1060. The van der Waals surface area contributed by atoms with Gasteiger partial charge in [0.1, 0.15) is 11.6 Å². The average Bonchev–Trinajstić information content (AvgIpc) is 2.86. The standard InChI is InChI=1S/C31H37F2N3/c1-31(2,3)23-34-29-16-6-24(7-17-29)5-4-18-35-19-21-36(22-20-35)30(25-8-12-27(32)13-9-25)26-10-14-28(33)15-11-26/h4-17,30,34H,18-23H2,1-3H3/b5-4+. The molecule has 1 aliphatic rings. The van der Waals surface area contributed by atoms with Crippen LogP contribution in [-0.4, -0.2) is 49.1 Å². The fourth-order valence-corrected chi connectivity index (χ4v) is 4.53. The number of nitrogens with zero attached hydrogens (tertiary/aromatic N) is 2. The Balaban J connectivity index is 1.33. The zero-order valence-electron chi connectivity index (χ0n) is 21.6. The molecule has 0 saturated carbocycles. The van der Waals surface area contributed by atoms with Crippen molar-refractivity contribution >= 4 is 11.8 Å². The van der Waals surface area contributed by atoms with Crippen molar-refractivity contribution in [2.75, 3.05) is 44.6 Å². The number of rotatable bonds is 8. The molecule has 5 heteroatoms. The highest BCUT2D eigenvalue weighted by Gasteiger charge is 2.26. The molecule has 36 heavy (non-hydrogen) atoms. The van der Waals surface area contributed by atoms with Gasteiger partial charge in [0.25, 0.3) is 0 Å². The van der Waals surface area contributed by atoms with E-state index in [2.05, 4.69) is 72.3 Å². The van der Waals surface area contributed by atoms with Gasteiger partial charge < -0.3 is 5.32 Å². The third-order valence-electron chi connectivity index (χ3n) is 6.55. The predicted molar refractivity (Wildman–Crippen MR) is 146 cm³/mol. The molecule has 0 bridgehead atoms. The maximum absolute atomic E-state index is 13.6. The van der Waals surface area contributed by atoms with Crippen molar-refractivity contribution in [3.05, 3.63) is 107 Å². The van der Waals surface area contributed by atoms with Gasteiger partial charge in [-0.2, -0.15) is 0 Å². The summed E-state index contributed by atoms with van der Waals surface area (Å²) in [5.74, 6) is -0.493. The van der Waals surface area contributed by atoms with Crippen LogP contribution in [0.25, 0.3) is 6.08 Å². The first-order valence-corrected chi connectivity index (χ1v) is 12.7. The van der Waals surface area contributed by atoms with Crippen molar-refractivity contribution in [3.63, 3.8) is 0 Å². The molecule has 0 radical (unpaired) electrons. The maximum Gasteiger partial charge on any atom is 0.123 e. The van der Waals surface area contributed by atoms with Crippen molar-refractivity contribution in [1.29, 1.82) is 0 Å². The minimum Gasteiger partial charge on any atom is -0.385 e. The van der Waals surface area contributed by atoms with E-state index in [1.807, 2.05) is 24.3 Å². The minimum atomic E-state index is -0.246. The van der Waals surface area contributed by atoms with Gasteiger partial charge in [0, 0.05) is 45.0 Å². The molecule has 3 nitrogen and oxygen atoms in total. The van der Waals surface area contributed by atoms with Crippen LogP contribution in [0.2, 0.25) is 0 Å². The lowest BCUT2D eigenvalue weighted by molar-refractivity contribution is 0.118. The van der Waals surface area contributed by atoms with Crippen LogP contribution in [-0.2, 0) is 0 Å². The normalized spacial score (nSPS) is 15.6. The maximum atomic E-state index is 13.6. The summed E-state index contributed by atoms with van der Waals surface area (Å²) >= 11 is 0. The number of halogens is 2. The molecule has 4 rings (SSSR count). The number of anilines is 1. The number of nitrogens with one attached hydrogen (secondary N) is 1. The van der Waals surface area contributed by atoms with Crippen LogP contribution in [0.1, 0.15) is 43.5 Å². The number of hydrogen-bond donors (Lipinski definition) is 1. The summed E-state index contributed by atoms with van der Waals surface area (Å²) in [4.78, 5) is 4.85. The third kappa shape index (κ3) is 7.49. The van der Waals surface area contributed by atoms with E-state index in [-0.39, 0.29) is 23.1 Å². The molecule has 1 aliphatic heterocycles. The van der Waals surface area contributed by atoms with Gasteiger partial charge in [0.15, 0.2) is 0 Å². The van der Waals surface area contributed by atoms with Gasteiger partial charge in [-0.3, -0.25) is 9.80 Å². The molecular formula is C31H37F2N3. The Hall–Kier alpha value is -3.02. The molecule has 1 heterocycles. The van der Waals surface area contributed by atoms with E-state index in [0.717, 1.165) is 56.1 Å². The van der Waals surface area contributed by atoms with Crippen LogP contribution in [0.15, 0.2) is 78.9 Å². The summed E-state index contributed by atoms with van der Waals surface area (Å²) in [5, 5.41) is 3.49. The summed E-state index contributed by atoms with van der Waals surface area (Å²) in [5.41, 5.74) is 4.65. The lowest BCUT2D eigenvalue weighted by Gasteiger charge is -2.39. The van der Waals surface area contributed by atoms with Crippen molar-refractivity contribution in [3.8, 4) is 0 Å². The van der Waals surface area contributed by atoms with E-state index >= 15 is 0 Å². The van der Waals surface area contributed by atoms with Gasteiger partial charge in [0.2, 0.25) is 0 Å². The molecule has 1 N–H and O–H groups in total. The largest absolute Gasteiger partial charge is 0.385 e. The fraction of sp³-hybridized carbons (Fsp3) is 0.355. The van der Waals surface area contributed by atoms with Crippen LogP contribution in [0.5, 0.6) is 0 Å². The molecule has 190 valence electrons. The summed E-state index contributed by atoms with van der Waals surface area (Å²) in [6.45, 7) is 12.2. The summed E-state index contributed by atoms with van der Waals surface area (Å²) in [6, 6.07) is 21.9. The highest BCUT2D eigenvalue weighted by Crippen LogP contribution is 2.30. The van der Waals surface area contributed by atoms with Crippen molar-refractivity contribution < 1.29 is 8.78 Å². The second-order valence-corrected chi connectivity index (χ2v) is 10.8. The van der Waals surface area contributed by atoms with E-state index in [1.54, 1.807) is 0 Å². The molecule has 0 spiro atoms. The number of benzene rings is 3. The second-order valence-electron chi connectivity index (χ2n) is 10.8. The predicted octanol–water partition coefficient (Wildman–Crippen LogP) is 6.84. The minimum absolute atomic E-state index is 0.0192. The summed E-state index contributed by atoms with van der Waals surface area (Å²) in [7, 11) is 0. The topological polar surface area (TPSA) is 18.5 Å². The molecule has 0 aromatic heterocycles. The van der Waals surface area contributed by atoms with Crippen LogP contribution >= 0.6 is 0 Å². The van der Waals surface area contributed by atoms with Gasteiger partial charge in [-0.15, -0.1) is 0 Å². The van der Waals surface area contributed by atoms with Crippen LogP contribution in [0.3, 0.4) is 0 Å². The third-order valence-corrected chi connectivity index (χ3v) is 6.55. The van der Waals surface area contributed by atoms with Gasteiger partial charge >= 0.3 is 0 Å². The first kappa shape index (κ1) is 26.1. The fourth-order valence-electron chi connectivity index (χ4n) is 4.53. The Morgan fingerprint density at radius 2 is 1.31 bits per heavy atom. The molecule has 0 aliphatic carbocycles. The monoisotopic (exact) mass is 489 g/mol. The van der Waals surface area contributed by atoms with E-state index < -0.39 is 0 Å². The molecule has 0 amide bonds. The molecule has 3 aromatic carbocycles. The first-order valence-electron chi connectivity index (χ1n) is 12.7. The van der Waals surface area contributed by atoms with Crippen molar-refractivity contribution in [2.45, 2.75) is 26.8 Å². The SMILES string of the molecule is CC(C)(C)CNc1ccc(/C=C/CN2CCN(C(c3ccc(F)cc3)c3ccc(F)cc3)CC2)cc1. The van der Waals surface area contributed by atoms with E-state index in [4.69, 9.17) is 0 Å². The Labute approximate surface area is 214 Å². The lowest BCUT2D eigenvalue weighted by Crippen LogP contribution is -2.47. The van der Waals surface area contributed by atoms with Crippen LogP contribution < -0.4 is 5.32 Å². The first-order chi connectivity index (χ1) is 17.3. The molecule has 0 atom stereocenters. The zero-order valence-corrected chi connectivity index (χ0v) is 21.6. The van der Waals surface area contributed by atoms with E-state index in [9.17, 15) is 8.78 Å². The van der Waals surface area contributed by atoms with Gasteiger partial charge in [0.05, 0.1) is 6.04 Å². The zero-order chi connectivity index (χ0) is 25.5. The highest BCUT2D eigenvalue weighted by molar-refractivity contribution is 5.55. The Kier molecular flexibility index (Phi) is 8.55. The lowest BCUT2D eigenvalue weighted by atomic mass is 9.96. The molecular weight excluding hydrogens is 452 g/mol. The van der Waals surface area contributed by atoms with Gasteiger partial charge in [-0.1, -0.05) is 69.3 Å². The van der Waals surface area contributed by atoms with E-state index in [0.29, 0.717) is 0 Å². The van der Waals surface area contributed by atoms with Crippen molar-refractivity contribution in [1.82, 2.24) is 9.80 Å². The van der Waals surface area contributed by atoms with Gasteiger partial charge in [-0.25, -0.2) is 8.78 Å². The van der Waals surface area contributed by atoms with E-state index in [1.165, 1.54) is 29.8 Å². The second kappa shape index (κ2) is 11.8. The smallest absolute Gasteiger partial charge is 0.123 e. The number of hydrogen-bond acceptors (Lipinski definition) is 3. The summed E-state index contributed by atoms with van der Waals surface area (Å²) in [6.07, 6.45) is 4.41. The quantitative estimate of drug-likeness (QED) is 0.374.